The lowest BCUT2D eigenvalue weighted by atomic mass is 10.3. The molecule has 1 aromatic heterocycles. The summed E-state index contributed by atoms with van der Waals surface area (Å²) in [6.07, 6.45) is 0. The molecule has 0 saturated heterocycles. The zero-order valence-corrected chi connectivity index (χ0v) is 14.5. The summed E-state index contributed by atoms with van der Waals surface area (Å²) in [7, 11) is 3.16. The number of aromatic amines is 1. The van der Waals surface area contributed by atoms with Gasteiger partial charge in [-0.25, -0.2) is 4.98 Å². The standard InChI is InChI=1S/C16H21N3O3S/c1-10(2)23-9-12-8-15(20)19-16(18-12)17-11-5-6-13(21-3)14(7-11)22-4/h5-8,10H,9H2,1-4H3,(H2,17,18,19,20). The number of nitrogens with zero attached hydrogens (tertiary/aromatic N) is 1. The topological polar surface area (TPSA) is 76.2 Å². The lowest BCUT2D eigenvalue weighted by molar-refractivity contribution is 0.355. The van der Waals surface area contributed by atoms with E-state index in [4.69, 9.17) is 9.47 Å². The minimum absolute atomic E-state index is 0.178. The summed E-state index contributed by atoms with van der Waals surface area (Å²) >= 11 is 1.74. The SMILES string of the molecule is COc1ccc(Nc2nc(CSC(C)C)cc(=O)[nH]2)cc1OC. The van der Waals surface area contributed by atoms with E-state index in [2.05, 4.69) is 29.1 Å². The van der Waals surface area contributed by atoms with Crippen LogP contribution in [0.1, 0.15) is 19.5 Å². The second-order valence-electron chi connectivity index (χ2n) is 5.14. The van der Waals surface area contributed by atoms with Crippen LogP contribution in [0.15, 0.2) is 29.1 Å². The van der Waals surface area contributed by atoms with E-state index in [-0.39, 0.29) is 5.56 Å². The van der Waals surface area contributed by atoms with Crippen LogP contribution < -0.4 is 20.3 Å². The third kappa shape index (κ3) is 4.92. The molecule has 0 aliphatic rings. The van der Waals surface area contributed by atoms with Crippen molar-refractivity contribution in [3.05, 3.63) is 40.3 Å². The highest BCUT2D eigenvalue weighted by molar-refractivity contribution is 7.99. The lowest BCUT2D eigenvalue weighted by Gasteiger charge is -2.11. The van der Waals surface area contributed by atoms with Gasteiger partial charge in [0.2, 0.25) is 5.95 Å². The van der Waals surface area contributed by atoms with E-state index in [9.17, 15) is 4.79 Å². The van der Waals surface area contributed by atoms with Gasteiger partial charge >= 0.3 is 0 Å². The van der Waals surface area contributed by atoms with E-state index in [1.165, 1.54) is 6.07 Å². The van der Waals surface area contributed by atoms with Crippen molar-refractivity contribution >= 4 is 23.4 Å². The Kier molecular flexibility index (Phi) is 5.92. The summed E-state index contributed by atoms with van der Waals surface area (Å²) in [6, 6.07) is 6.93. The van der Waals surface area contributed by atoms with Gasteiger partial charge in [0.15, 0.2) is 11.5 Å². The molecule has 0 aliphatic heterocycles. The molecule has 1 aromatic carbocycles. The molecule has 6 nitrogen and oxygen atoms in total. The Bertz CT molecular complexity index is 716. The zero-order chi connectivity index (χ0) is 16.8. The van der Waals surface area contributed by atoms with E-state index in [1.807, 2.05) is 6.07 Å². The quantitative estimate of drug-likeness (QED) is 0.809. The molecule has 2 aromatic rings. The van der Waals surface area contributed by atoms with Crippen molar-refractivity contribution in [2.75, 3.05) is 19.5 Å². The van der Waals surface area contributed by atoms with Gasteiger partial charge in [-0.1, -0.05) is 13.8 Å². The second-order valence-corrected chi connectivity index (χ2v) is 6.70. The number of H-pyrrole nitrogens is 1. The first-order valence-corrected chi connectivity index (χ1v) is 8.27. The summed E-state index contributed by atoms with van der Waals surface area (Å²) < 4.78 is 10.5. The molecule has 0 fully saturated rings. The maximum Gasteiger partial charge on any atom is 0.252 e. The number of methoxy groups -OCH3 is 2. The van der Waals surface area contributed by atoms with Crippen LogP contribution in [0.4, 0.5) is 11.6 Å². The Morgan fingerprint density at radius 2 is 1.96 bits per heavy atom. The molecule has 124 valence electrons. The summed E-state index contributed by atoms with van der Waals surface area (Å²) in [5.41, 5.74) is 1.32. The number of hydrogen-bond donors (Lipinski definition) is 2. The van der Waals surface area contributed by atoms with Crippen molar-refractivity contribution in [3.8, 4) is 11.5 Å². The molecule has 0 unspecified atom stereocenters. The summed E-state index contributed by atoms with van der Waals surface area (Å²) in [5, 5.41) is 3.57. The van der Waals surface area contributed by atoms with Crippen LogP contribution in [-0.4, -0.2) is 29.4 Å². The highest BCUT2D eigenvalue weighted by atomic mass is 32.2. The number of anilines is 2. The maximum atomic E-state index is 11.8. The van der Waals surface area contributed by atoms with Crippen LogP contribution in [0.3, 0.4) is 0 Å². The number of aromatic nitrogens is 2. The molecular weight excluding hydrogens is 314 g/mol. The normalized spacial score (nSPS) is 10.7. The molecule has 23 heavy (non-hydrogen) atoms. The van der Waals surface area contributed by atoms with Crippen LogP contribution in [0.25, 0.3) is 0 Å². The smallest absolute Gasteiger partial charge is 0.252 e. The Morgan fingerprint density at radius 1 is 1.22 bits per heavy atom. The minimum Gasteiger partial charge on any atom is -0.493 e. The van der Waals surface area contributed by atoms with Crippen LogP contribution in [0.5, 0.6) is 11.5 Å². The molecule has 2 rings (SSSR count). The molecule has 7 heteroatoms. The number of thioether (sulfide) groups is 1. The van der Waals surface area contributed by atoms with Gasteiger partial charge in [-0.15, -0.1) is 0 Å². The van der Waals surface area contributed by atoms with Crippen molar-refractivity contribution in [1.82, 2.24) is 9.97 Å². The van der Waals surface area contributed by atoms with E-state index in [0.29, 0.717) is 28.5 Å². The Labute approximate surface area is 139 Å². The average Bonchev–Trinajstić information content (AvgIpc) is 2.52. The van der Waals surface area contributed by atoms with Gasteiger partial charge in [-0.3, -0.25) is 9.78 Å². The fourth-order valence-corrected chi connectivity index (χ4v) is 2.60. The molecule has 0 amide bonds. The minimum atomic E-state index is -0.178. The zero-order valence-electron chi connectivity index (χ0n) is 13.7. The summed E-state index contributed by atoms with van der Waals surface area (Å²) in [4.78, 5) is 18.9. The second kappa shape index (κ2) is 7.92. The third-order valence-electron chi connectivity index (χ3n) is 3.01. The predicted molar refractivity (Wildman–Crippen MR) is 94.1 cm³/mol. The van der Waals surface area contributed by atoms with E-state index < -0.39 is 0 Å². The van der Waals surface area contributed by atoms with Gasteiger partial charge < -0.3 is 14.8 Å². The Balaban J connectivity index is 2.21. The molecule has 2 N–H and O–H groups in total. The first kappa shape index (κ1) is 17.2. The van der Waals surface area contributed by atoms with Gasteiger partial charge in [0.05, 0.1) is 19.9 Å². The fourth-order valence-electron chi connectivity index (χ4n) is 1.94. The monoisotopic (exact) mass is 335 g/mol. The molecule has 0 bridgehead atoms. The molecule has 0 spiro atoms. The van der Waals surface area contributed by atoms with Gasteiger partial charge in [0.1, 0.15) is 0 Å². The van der Waals surface area contributed by atoms with Crippen molar-refractivity contribution < 1.29 is 9.47 Å². The van der Waals surface area contributed by atoms with Gasteiger partial charge in [-0.2, -0.15) is 11.8 Å². The van der Waals surface area contributed by atoms with E-state index in [1.54, 1.807) is 38.1 Å². The van der Waals surface area contributed by atoms with Crippen LogP contribution in [-0.2, 0) is 5.75 Å². The third-order valence-corrected chi connectivity index (χ3v) is 4.13. The molecule has 0 saturated carbocycles. The largest absolute Gasteiger partial charge is 0.493 e. The van der Waals surface area contributed by atoms with Gasteiger partial charge in [0, 0.05) is 23.6 Å². The molecule has 0 aliphatic carbocycles. The number of benzene rings is 1. The average molecular weight is 335 g/mol. The number of nitrogens with one attached hydrogen (secondary N) is 2. The first-order valence-electron chi connectivity index (χ1n) is 7.22. The molecule has 1 heterocycles. The highest BCUT2D eigenvalue weighted by Crippen LogP contribution is 2.30. The van der Waals surface area contributed by atoms with Crippen LogP contribution in [0, 0.1) is 0 Å². The Hall–Kier alpha value is -2.15. The molecule has 0 atom stereocenters. The van der Waals surface area contributed by atoms with Gasteiger partial charge in [-0.05, 0) is 17.4 Å². The Morgan fingerprint density at radius 3 is 2.61 bits per heavy atom. The van der Waals surface area contributed by atoms with E-state index in [0.717, 1.165) is 11.4 Å². The summed E-state index contributed by atoms with van der Waals surface area (Å²) in [6.45, 7) is 4.22. The lowest BCUT2D eigenvalue weighted by Crippen LogP contribution is -2.12. The van der Waals surface area contributed by atoms with Crippen molar-refractivity contribution in [2.45, 2.75) is 24.9 Å². The predicted octanol–water partition coefficient (Wildman–Crippen LogP) is 3.17. The maximum absolute atomic E-state index is 11.8. The number of ether oxygens (including phenoxy) is 2. The highest BCUT2D eigenvalue weighted by Gasteiger charge is 2.07. The van der Waals surface area contributed by atoms with Crippen molar-refractivity contribution in [1.29, 1.82) is 0 Å². The van der Waals surface area contributed by atoms with E-state index >= 15 is 0 Å². The van der Waals surface area contributed by atoms with Crippen molar-refractivity contribution in [2.24, 2.45) is 0 Å². The molecular formula is C16H21N3O3S. The van der Waals surface area contributed by atoms with Crippen LogP contribution >= 0.6 is 11.8 Å². The fraction of sp³-hybridized carbons (Fsp3) is 0.375. The van der Waals surface area contributed by atoms with Crippen molar-refractivity contribution in [3.63, 3.8) is 0 Å². The number of hydrogen-bond acceptors (Lipinski definition) is 6. The number of rotatable bonds is 7. The summed E-state index contributed by atoms with van der Waals surface area (Å²) in [5.74, 6) is 2.35. The first-order chi connectivity index (χ1) is 11.0. The van der Waals surface area contributed by atoms with Gasteiger partial charge in [0.25, 0.3) is 5.56 Å². The van der Waals surface area contributed by atoms with Crippen LogP contribution in [0.2, 0.25) is 0 Å². The molecule has 0 radical (unpaired) electrons.